The summed E-state index contributed by atoms with van der Waals surface area (Å²) >= 11 is 12.3. The second-order valence-electron chi connectivity index (χ2n) is 9.39. The van der Waals surface area contributed by atoms with Gasteiger partial charge >= 0.3 is 0 Å². The number of amides is 2. The van der Waals surface area contributed by atoms with Crippen LogP contribution in [0.1, 0.15) is 49.5 Å². The molecule has 1 aliphatic rings. The van der Waals surface area contributed by atoms with Gasteiger partial charge in [-0.25, -0.2) is 12.7 Å². The Hall–Kier alpha value is -2.13. The molecule has 2 aromatic rings. The second-order valence-corrected chi connectivity index (χ2v) is 12.2. The molecule has 1 heterocycles. The van der Waals surface area contributed by atoms with Crippen LogP contribution >= 0.6 is 23.2 Å². The van der Waals surface area contributed by atoms with E-state index >= 15 is 0 Å². The monoisotopic (exact) mass is 525 g/mol. The summed E-state index contributed by atoms with van der Waals surface area (Å²) in [6, 6.07) is 11.6. The number of carbonyl (C=O) groups excluding carboxylic acids is 2. The van der Waals surface area contributed by atoms with Crippen LogP contribution in [0.5, 0.6) is 0 Å². The Labute approximate surface area is 210 Å². The second kappa shape index (κ2) is 10.6. The van der Waals surface area contributed by atoms with Crippen molar-refractivity contribution in [3.05, 3.63) is 63.6 Å². The van der Waals surface area contributed by atoms with Gasteiger partial charge in [-0.3, -0.25) is 9.59 Å². The highest BCUT2D eigenvalue weighted by atomic mass is 35.5. The van der Waals surface area contributed by atoms with Crippen molar-refractivity contribution in [1.29, 1.82) is 0 Å². The predicted octanol–water partition coefficient (Wildman–Crippen LogP) is 4.70. The summed E-state index contributed by atoms with van der Waals surface area (Å²) < 4.78 is 27.5. The van der Waals surface area contributed by atoms with Crippen molar-refractivity contribution in [3.63, 3.8) is 0 Å². The van der Waals surface area contributed by atoms with Gasteiger partial charge in [-0.1, -0.05) is 41.4 Å². The molecular formula is C24H29Cl2N3O4S. The van der Waals surface area contributed by atoms with Gasteiger partial charge in [0.15, 0.2) is 0 Å². The Morgan fingerprint density at radius 1 is 1.06 bits per heavy atom. The first-order valence-electron chi connectivity index (χ1n) is 11.0. The Bertz CT molecular complexity index is 1160. The number of rotatable bonds is 6. The Kier molecular flexibility index (Phi) is 8.29. The smallest absolute Gasteiger partial charge is 0.253 e. The van der Waals surface area contributed by atoms with Gasteiger partial charge in [0.05, 0.1) is 22.9 Å². The van der Waals surface area contributed by atoms with Crippen molar-refractivity contribution >= 4 is 50.7 Å². The van der Waals surface area contributed by atoms with Crippen molar-refractivity contribution in [2.45, 2.75) is 44.9 Å². The van der Waals surface area contributed by atoms with E-state index in [1.54, 1.807) is 42.5 Å². The van der Waals surface area contributed by atoms with Crippen molar-refractivity contribution in [2.24, 2.45) is 5.92 Å². The topological polar surface area (TPSA) is 95.6 Å². The van der Waals surface area contributed by atoms with E-state index in [2.05, 4.69) is 10.6 Å². The number of piperidine rings is 1. The molecule has 3 rings (SSSR count). The minimum atomic E-state index is -3.74. The lowest BCUT2D eigenvalue weighted by Crippen LogP contribution is -2.44. The van der Waals surface area contributed by atoms with E-state index in [-0.39, 0.29) is 34.2 Å². The molecule has 0 aliphatic carbocycles. The standard InChI is InChI=1S/C24H29Cl2N3O4S/c1-24(2,3)28-23(31)17-9-4-5-12-21(17)27-22(30)16-8-7-13-29(14-16)34(32,33)15-18-19(25)10-6-11-20(18)26/h4-6,9-12,16H,7-8,13-15H2,1-3H3,(H,27,30)(H,28,31)/t16-/m1/s1. The third-order valence-electron chi connectivity index (χ3n) is 5.45. The highest BCUT2D eigenvalue weighted by Crippen LogP contribution is 2.29. The molecule has 34 heavy (non-hydrogen) atoms. The number of halogens is 2. The maximum absolute atomic E-state index is 13.1. The van der Waals surface area contributed by atoms with Gasteiger partial charge in [-0.2, -0.15) is 0 Å². The molecule has 0 saturated carbocycles. The number of hydrogen-bond acceptors (Lipinski definition) is 4. The molecule has 0 aromatic heterocycles. The van der Waals surface area contributed by atoms with Crippen LogP contribution in [-0.2, 0) is 20.6 Å². The number of anilines is 1. The quantitative estimate of drug-likeness (QED) is 0.571. The molecule has 2 amide bonds. The normalized spacial score (nSPS) is 17.3. The highest BCUT2D eigenvalue weighted by molar-refractivity contribution is 7.88. The Morgan fingerprint density at radius 2 is 1.71 bits per heavy atom. The average Bonchev–Trinajstić information content (AvgIpc) is 2.75. The van der Waals surface area contributed by atoms with Crippen LogP contribution in [-0.4, -0.2) is 43.2 Å². The van der Waals surface area contributed by atoms with Gasteiger partial charge in [-0.05, 0) is 57.9 Å². The van der Waals surface area contributed by atoms with Crippen LogP contribution in [0.2, 0.25) is 10.0 Å². The minimum Gasteiger partial charge on any atom is -0.347 e. The van der Waals surface area contributed by atoms with Gasteiger partial charge < -0.3 is 10.6 Å². The minimum absolute atomic E-state index is 0.0482. The third kappa shape index (κ3) is 6.72. The first kappa shape index (κ1) is 26.5. The molecule has 1 aliphatic heterocycles. The zero-order valence-corrected chi connectivity index (χ0v) is 21.7. The first-order chi connectivity index (χ1) is 15.9. The molecular weight excluding hydrogens is 497 g/mol. The van der Waals surface area contributed by atoms with Crippen molar-refractivity contribution < 1.29 is 18.0 Å². The molecule has 10 heteroatoms. The Morgan fingerprint density at radius 3 is 2.35 bits per heavy atom. The maximum Gasteiger partial charge on any atom is 0.253 e. The molecule has 0 unspecified atom stereocenters. The molecule has 1 atom stereocenters. The average molecular weight is 526 g/mol. The number of carbonyl (C=O) groups is 2. The number of para-hydroxylation sites is 1. The fourth-order valence-electron chi connectivity index (χ4n) is 3.79. The molecule has 0 spiro atoms. The lowest BCUT2D eigenvalue weighted by Gasteiger charge is -2.31. The lowest BCUT2D eigenvalue weighted by molar-refractivity contribution is -0.120. The summed E-state index contributed by atoms with van der Waals surface area (Å²) in [6.45, 7) is 5.99. The van der Waals surface area contributed by atoms with E-state index in [0.29, 0.717) is 36.2 Å². The molecule has 0 radical (unpaired) electrons. The molecule has 7 nitrogen and oxygen atoms in total. The van der Waals surface area contributed by atoms with Crippen molar-refractivity contribution in [3.8, 4) is 0 Å². The van der Waals surface area contributed by atoms with Crippen LogP contribution in [0, 0.1) is 5.92 Å². The summed E-state index contributed by atoms with van der Waals surface area (Å²) in [6.07, 6.45) is 1.08. The van der Waals surface area contributed by atoms with Crippen LogP contribution in [0.3, 0.4) is 0 Å². The predicted molar refractivity (Wildman–Crippen MR) is 136 cm³/mol. The summed E-state index contributed by atoms with van der Waals surface area (Å²) in [5.74, 6) is -1.51. The van der Waals surface area contributed by atoms with Crippen LogP contribution < -0.4 is 10.6 Å². The number of nitrogens with zero attached hydrogens (tertiary/aromatic N) is 1. The molecule has 0 bridgehead atoms. The van der Waals surface area contributed by atoms with E-state index in [1.165, 1.54) is 4.31 Å². The highest BCUT2D eigenvalue weighted by Gasteiger charge is 2.33. The molecule has 1 fully saturated rings. The van der Waals surface area contributed by atoms with Gasteiger partial charge in [-0.15, -0.1) is 0 Å². The van der Waals surface area contributed by atoms with Crippen LogP contribution in [0.25, 0.3) is 0 Å². The van der Waals surface area contributed by atoms with Crippen LogP contribution in [0.4, 0.5) is 5.69 Å². The van der Waals surface area contributed by atoms with E-state index in [4.69, 9.17) is 23.2 Å². The fraction of sp³-hybridized carbons (Fsp3) is 0.417. The van der Waals surface area contributed by atoms with Gasteiger partial charge in [0.25, 0.3) is 5.91 Å². The molecule has 2 aromatic carbocycles. The van der Waals surface area contributed by atoms with E-state index in [0.717, 1.165) is 0 Å². The van der Waals surface area contributed by atoms with Crippen molar-refractivity contribution in [1.82, 2.24) is 9.62 Å². The zero-order chi connectivity index (χ0) is 25.1. The number of benzene rings is 2. The number of hydrogen-bond donors (Lipinski definition) is 2. The van der Waals surface area contributed by atoms with Gasteiger partial charge in [0, 0.05) is 34.2 Å². The Balaban J connectivity index is 1.73. The summed E-state index contributed by atoms with van der Waals surface area (Å²) in [5.41, 5.74) is 0.643. The zero-order valence-electron chi connectivity index (χ0n) is 19.4. The van der Waals surface area contributed by atoms with Crippen LogP contribution in [0.15, 0.2) is 42.5 Å². The largest absolute Gasteiger partial charge is 0.347 e. The molecule has 1 saturated heterocycles. The summed E-state index contributed by atoms with van der Waals surface area (Å²) in [5, 5.41) is 6.28. The van der Waals surface area contributed by atoms with Gasteiger partial charge in [0.2, 0.25) is 15.9 Å². The number of sulfonamides is 1. The van der Waals surface area contributed by atoms with Gasteiger partial charge in [0.1, 0.15) is 0 Å². The lowest BCUT2D eigenvalue weighted by atomic mass is 9.98. The fourth-order valence-corrected chi connectivity index (χ4v) is 6.15. The molecule has 2 N–H and O–H groups in total. The summed E-state index contributed by atoms with van der Waals surface area (Å²) in [7, 11) is -3.74. The molecule has 184 valence electrons. The van der Waals surface area contributed by atoms with Crippen molar-refractivity contribution in [2.75, 3.05) is 18.4 Å². The van der Waals surface area contributed by atoms with E-state index in [1.807, 2.05) is 20.8 Å². The van der Waals surface area contributed by atoms with E-state index < -0.39 is 21.5 Å². The van der Waals surface area contributed by atoms with E-state index in [9.17, 15) is 18.0 Å². The summed E-state index contributed by atoms with van der Waals surface area (Å²) in [4.78, 5) is 25.7. The SMILES string of the molecule is CC(C)(C)NC(=O)c1ccccc1NC(=O)[C@@H]1CCCN(S(=O)(=O)Cc2c(Cl)cccc2Cl)C1. The number of nitrogens with one attached hydrogen (secondary N) is 2. The third-order valence-corrected chi connectivity index (χ3v) is 7.93. The maximum atomic E-state index is 13.1. The first-order valence-corrected chi connectivity index (χ1v) is 13.4.